The van der Waals surface area contributed by atoms with Gasteiger partial charge in [-0.3, -0.25) is 0 Å². The van der Waals surface area contributed by atoms with E-state index in [-0.39, 0.29) is 6.61 Å². The topological polar surface area (TPSA) is 79.8 Å². The van der Waals surface area contributed by atoms with Gasteiger partial charge in [-0.1, -0.05) is 6.92 Å². The molecule has 0 fully saturated rings. The molecule has 0 aromatic heterocycles. The summed E-state index contributed by atoms with van der Waals surface area (Å²) in [6, 6.07) is 0. The minimum absolute atomic E-state index is 0.240. The van der Waals surface area contributed by atoms with Crippen molar-refractivity contribution in [3.05, 3.63) is 0 Å². The van der Waals surface area contributed by atoms with Crippen molar-refractivity contribution in [2.75, 3.05) is 51.8 Å². The van der Waals surface area contributed by atoms with Gasteiger partial charge in [0, 0.05) is 38.6 Å². The van der Waals surface area contributed by atoms with Crippen LogP contribution in [-0.2, 0) is 13.7 Å². The lowest BCUT2D eigenvalue weighted by Crippen LogP contribution is -2.29. The normalized spacial score (nSPS) is 10.9. The van der Waals surface area contributed by atoms with Gasteiger partial charge in [-0.15, -0.1) is 0 Å². The van der Waals surface area contributed by atoms with Crippen LogP contribution >= 0.6 is 12.0 Å². The third-order valence-corrected chi connectivity index (χ3v) is 3.25. The summed E-state index contributed by atoms with van der Waals surface area (Å²) in [7, 11) is 0. The lowest BCUT2D eigenvalue weighted by atomic mass is 10.2. The Morgan fingerprint density at radius 1 is 1.05 bits per heavy atom. The van der Waals surface area contributed by atoms with E-state index in [1.165, 1.54) is 24.9 Å². The van der Waals surface area contributed by atoms with Gasteiger partial charge in [0.1, 0.15) is 0 Å². The summed E-state index contributed by atoms with van der Waals surface area (Å²) in [6.07, 6.45) is 4.64. The molecular formula is C14H30N2O4S. The molecule has 0 saturated carbocycles. The Kier molecular flexibility index (Phi) is 17.4. The van der Waals surface area contributed by atoms with E-state index in [0.717, 1.165) is 58.0 Å². The SMILES string of the molecule is CCCOCCCCCNCCNCCSOCC(=O)O. The fourth-order valence-corrected chi connectivity index (χ4v) is 2.10. The zero-order chi connectivity index (χ0) is 15.6. The van der Waals surface area contributed by atoms with Gasteiger partial charge >= 0.3 is 5.97 Å². The number of hydrogen-bond acceptors (Lipinski definition) is 6. The van der Waals surface area contributed by atoms with Crippen LogP contribution in [0.15, 0.2) is 0 Å². The zero-order valence-corrected chi connectivity index (χ0v) is 13.9. The van der Waals surface area contributed by atoms with Crippen molar-refractivity contribution in [2.45, 2.75) is 32.6 Å². The highest BCUT2D eigenvalue weighted by Gasteiger charge is 1.96. The molecule has 0 aromatic carbocycles. The Hall–Kier alpha value is -0.340. The molecule has 0 aliphatic rings. The monoisotopic (exact) mass is 322 g/mol. The molecule has 0 radical (unpaired) electrons. The third-order valence-electron chi connectivity index (χ3n) is 2.60. The predicted molar refractivity (Wildman–Crippen MR) is 86.7 cm³/mol. The molecule has 6 nitrogen and oxygen atoms in total. The molecule has 0 aromatic rings. The fraction of sp³-hybridized carbons (Fsp3) is 0.929. The Bertz CT molecular complexity index is 233. The molecule has 0 saturated heterocycles. The number of hydrogen-bond donors (Lipinski definition) is 3. The van der Waals surface area contributed by atoms with Gasteiger partial charge in [0.25, 0.3) is 0 Å². The molecule has 0 atom stereocenters. The first-order valence-electron chi connectivity index (χ1n) is 7.72. The Labute approximate surface area is 132 Å². The maximum atomic E-state index is 10.2. The van der Waals surface area contributed by atoms with Gasteiger partial charge in [0.15, 0.2) is 6.61 Å². The van der Waals surface area contributed by atoms with Gasteiger partial charge < -0.3 is 24.7 Å². The number of carbonyl (C=O) groups is 1. The first kappa shape index (κ1) is 20.7. The van der Waals surface area contributed by atoms with Crippen LogP contribution < -0.4 is 10.6 Å². The van der Waals surface area contributed by atoms with E-state index >= 15 is 0 Å². The molecule has 0 spiro atoms. The zero-order valence-electron chi connectivity index (χ0n) is 13.1. The predicted octanol–water partition coefficient (Wildman–Crippen LogP) is 1.51. The van der Waals surface area contributed by atoms with E-state index in [1.807, 2.05) is 0 Å². The minimum Gasteiger partial charge on any atom is -0.479 e. The summed E-state index contributed by atoms with van der Waals surface area (Å²) in [5.41, 5.74) is 0. The van der Waals surface area contributed by atoms with Crippen LogP contribution in [0.2, 0.25) is 0 Å². The average molecular weight is 322 g/mol. The molecule has 0 heterocycles. The number of carboxylic acids is 1. The van der Waals surface area contributed by atoms with Crippen molar-refractivity contribution < 1.29 is 18.8 Å². The molecule has 0 rings (SSSR count). The number of carboxylic acid groups (broad SMARTS) is 1. The van der Waals surface area contributed by atoms with Crippen LogP contribution in [-0.4, -0.2) is 62.8 Å². The molecule has 21 heavy (non-hydrogen) atoms. The van der Waals surface area contributed by atoms with E-state index in [9.17, 15) is 4.79 Å². The molecule has 0 amide bonds. The van der Waals surface area contributed by atoms with E-state index in [4.69, 9.17) is 14.0 Å². The van der Waals surface area contributed by atoms with Crippen molar-refractivity contribution in [2.24, 2.45) is 0 Å². The van der Waals surface area contributed by atoms with Crippen LogP contribution in [0, 0.1) is 0 Å². The van der Waals surface area contributed by atoms with Gasteiger partial charge in [-0.25, -0.2) is 4.79 Å². The lowest BCUT2D eigenvalue weighted by Gasteiger charge is -2.06. The molecule has 0 bridgehead atoms. The second-order valence-corrected chi connectivity index (χ2v) is 5.53. The highest BCUT2D eigenvalue weighted by molar-refractivity contribution is 7.94. The van der Waals surface area contributed by atoms with Crippen LogP contribution in [0.5, 0.6) is 0 Å². The fourth-order valence-electron chi connectivity index (χ4n) is 1.57. The van der Waals surface area contributed by atoms with Crippen LogP contribution in [0.1, 0.15) is 32.6 Å². The van der Waals surface area contributed by atoms with Gasteiger partial charge in [-0.2, -0.15) is 0 Å². The minimum atomic E-state index is -0.934. The van der Waals surface area contributed by atoms with E-state index in [0.29, 0.717) is 0 Å². The molecule has 0 aliphatic carbocycles. The van der Waals surface area contributed by atoms with E-state index < -0.39 is 5.97 Å². The quantitative estimate of drug-likeness (QED) is 0.277. The average Bonchev–Trinajstić information content (AvgIpc) is 2.46. The van der Waals surface area contributed by atoms with Crippen molar-refractivity contribution in [3.8, 4) is 0 Å². The molecule has 0 aliphatic heterocycles. The second-order valence-electron chi connectivity index (χ2n) is 4.65. The summed E-state index contributed by atoms with van der Waals surface area (Å²) in [4.78, 5) is 10.2. The van der Waals surface area contributed by atoms with Gasteiger partial charge in [0.2, 0.25) is 0 Å². The van der Waals surface area contributed by atoms with Gasteiger partial charge in [0.05, 0.1) is 0 Å². The maximum absolute atomic E-state index is 10.2. The summed E-state index contributed by atoms with van der Waals surface area (Å²) in [6.45, 7) is 7.38. The second kappa shape index (κ2) is 17.7. The standard InChI is InChI=1S/C14H30N2O4S/c1-2-10-19-11-5-3-4-6-15-7-8-16-9-12-21-20-13-14(17)18/h15-16H,2-13H2,1H3,(H,17,18). The largest absolute Gasteiger partial charge is 0.479 e. The summed E-state index contributed by atoms with van der Waals surface area (Å²) >= 11 is 1.19. The smallest absolute Gasteiger partial charge is 0.331 e. The number of ether oxygens (including phenoxy) is 1. The lowest BCUT2D eigenvalue weighted by molar-refractivity contribution is -0.138. The Morgan fingerprint density at radius 2 is 1.81 bits per heavy atom. The van der Waals surface area contributed by atoms with Crippen LogP contribution in [0.25, 0.3) is 0 Å². The Morgan fingerprint density at radius 3 is 2.52 bits per heavy atom. The Balaban J connectivity index is 2.95. The maximum Gasteiger partial charge on any atom is 0.331 e. The first-order chi connectivity index (χ1) is 10.3. The highest BCUT2D eigenvalue weighted by Crippen LogP contribution is 1.99. The van der Waals surface area contributed by atoms with Crippen molar-refractivity contribution in [1.29, 1.82) is 0 Å². The summed E-state index contributed by atoms with van der Waals surface area (Å²) < 4.78 is 10.3. The summed E-state index contributed by atoms with van der Waals surface area (Å²) in [5, 5.41) is 15.0. The van der Waals surface area contributed by atoms with E-state index in [2.05, 4.69) is 17.6 Å². The number of aliphatic carboxylic acids is 1. The summed E-state index contributed by atoms with van der Waals surface area (Å²) in [5.74, 6) is -0.179. The van der Waals surface area contributed by atoms with Crippen molar-refractivity contribution in [1.82, 2.24) is 10.6 Å². The molecule has 3 N–H and O–H groups in total. The van der Waals surface area contributed by atoms with Crippen molar-refractivity contribution in [3.63, 3.8) is 0 Å². The molecule has 0 unspecified atom stereocenters. The van der Waals surface area contributed by atoms with Gasteiger partial charge in [-0.05, 0) is 44.3 Å². The molecule has 7 heteroatoms. The van der Waals surface area contributed by atoms with Crippen LogP contribution in [0.3, 0.4) is 0 Å². The first-order valence-corrected chi connectivity index (χ1v) is 8.63. The number of rotatable bonds is 17. The van der Waals surface area contributed by atoms with Crippen LogP contribution in [0.4, 0.5) is 0 Å². The highest BCUT2D eigenvalue weighted by atomic mass is 32.2. The number of nitrogens with one attached hydrogen (secondary N) is 2. The third kappa shape index (κ3) is 19.7. The molecule has 126 valence electrons. The van der Waals surface area contributed by atoms with Crippen molar-refractivity contribution >= 4 is 18.0 Å². The number of unbranched alkanes of at least 4 members (excludes halogenated alkanes) is 2. The van der Waals surface area contributed by atoms with E-state index in [1.54, 1.807) is 0 Å². The molecular weight excluding hydrogens is 292 g/mol.